The van der Waals surface area contributed by atoms with E-state index in [1.165, 1.54) is 5.69 Å². The first-order chi connectivity index (χ1) is 9.06. The van der Waals surface area contributed by atoms with Crippen LogP contribution in [0.2, 0.25) is 0 Å². The minimum absolute atomic E-state index is 0.214. The van der Waals surface area contributed by atoms with Crippen LogP contribution in [0.3, 0.4) is 0 Å². The first-order valence-electron chi connectivity index (χ1n) is 7.02. The Morgan fingerprint density at radius 2 is 2.16 bits per heavy atom. The number of likely N-dealkylation sites (tertiary alicyclic amines) is 1. The molecule has 4 nitrogen and oxygen atoms in total. The molecule has 1 aromatic heterocycles. The molecule has 0 amide bonds. The van der Waals surface area contributed by atoms with E-state index in [0.29, 0.717) is 12.2 Å². The Bertz CT molecular complexity index is 470. The third kappa shape index (κ3) is 3.08. The van der Waals surface area contributed by atoms with Gasteiger partial charge in [0.15, 0.2) is 0 Å². The molecule has 1 fully saturated rings. The number of aromatic nitrogens is 2. The summed E-state index contributed by atoms with van der Waals surface area (Å²) in [6, 6.07) is 0. The summed E-state index contributed by atoms with van der Waals surface area (Å²) in [5, 5.41) is 4.52. The van der Waals surface area contributed by atoms with Crippen LogP contribution in [0.15, 0.2) is 4.47 Å². The maximum absolute atomic E-state index is 11.8. The van der Waals surface area contributed by atoms with E-state index >= 15 is 0 Å². The number of aryl methyl sites for hydroxylation is 2. The number of carbonyl (C=O) groups excluding carboxylic acids is 1. The lowest BCUT2D eigenvalue weighted by Crippen LogP contribution is -2.40. The van der Waals surface area contributed by atoms with Crippen LogP contribution < -0.4 is 0 Å². The maximum Gasteiger partial charge on any atom is 0.138 e. The average molecular weight is 328 g/mol. The minimum Gasteiger partial charge on any atom is -0.299 e. The highest BCUT2D eigenvalue weighted by Crippen LogP contribution is 2.25. The van der Waals surface area contributed by atoms with Crippen LogP contribution in [0.25, 0.3) is 0 Å². The molecule has 1 saturated heterocycles. The van der Waals surface area contributed by atoms with Gasteiger partial charge in [0.2, 0.25) is 0 Å². The van der Waals surface area contributed by atoms with Crippen LogP contribution in [-0.4, -0.2) is 33.6 Å². The number of hydrogen-bond donors (Lipinski definition) is 0. The first-order valence-corrected chi connectivity index (χ1v) is 7.81. The van der Waals surface area contributed by atoms with Crippen molar-refractivity contribution >= 4 is 21.7 Å². The van der Waals surface area contributed by atoms with E-state index in [2.05, 4.69) is 39.8 Å². The normalized spacial score (nSPS) is 21.1. The monoisotopic (exact) mass is 327 g/mol. The predicted octanol–water partition coefficient (Wildman–Crippen LogP) is 2.55. The van der Waals surface area contributed by atoms with Gasteiger partial charge >= 0.3 is 0 Å². The standard InChI is InChI=1S/C14H22BrN3O/c1-4-10-8-18(7-6-13(10)19)9-12-14(15)11(5-2)16-17(12)3/h10H,4-9H2,1-3H3. The lowest BCUT2D eigenvalue weighted by atomic mass is 9.94. The number of halogens is 1. The van der Waals surface area contributed by atoms with Crippen molar-refractivity contribution in [3.63, 3.8) is 0 Å². The van der Waals surface area contributed by atoms with E-state index in [9.17, 15) is 4.79 Å². The lowest BCUT2D eigenvalue weighted by molar-refractivity contribution is -0.126. The summed E-state index contributed by atoms with van der Waals surface area (Å²) in [6.45, 7) is 6.83. The molecule has 1 atom stereocenters. The molecule has 0 bridgehead atoms. The zero-order valence-electron chi connectivity index (χ0n) is 11.9. The molecule has 106 valence electrons. The van der Waals surface area contributed by atoms with E-state index in [0.717, 1.165) is 42.6 Å². The summed E-state index contributed by atoms with van der Waals surface area (Å²) in [7, 11) is 1.99. The third-order valence-corrected chi connectivity index (χ3v) is 4.89. The van der Waals surface area contributed by atoms with Crippen LogP contribution in [0.5, 0.6) is 0 Å². The fourth-order valence-electron chi connectivity index (χ4n) is 2.68. The fourth-order valence-corrected chi connectivity index (χ4v) is 3.42. The molecule has 1 unspecified atom stereocenters. The number of rotatable bonds is 4. The second kappa shape index (κ2) is 6.18. The summed E-state index contributed by atoms with van der Waals surface area (Å²) in [5.74, 6) is 0.642. The van der Waals surface area contributed by atoms with E-state index < -0.39 is 0 Å². The Kier molecular flexibility index (Phi) is 4.79. The Hall–Kier alpha value is -0.680. The van der Waals surface area contributed by atoms with Crippen molar-refractivity contribution in [2.45, 2.75) is 39.7 Å². The first kappa shape index (κ1) is 14.7. The molecule has 2 heterocycles. The van der Waals surface area contributed by atoms with Gasteiger partial charge in [-0.05, 0) is 28.8 Å². The van der Waals surface area contributed by atoms with Gasteiger partial charge in [0, 0.05) is 39.0 Å². The van der Waals surface area contributed by atoms with Crippen LogP contribution in [0.4, 0.5) is 0 Å². The van der Waals surface area contributed by atoms with Gasteiger partial charge in [-0.15, -0.1) is 0 Å². The van der Waals surface area contributed by atoms with E-state index in [1.807, 2.05) is 11.7 Å². The number of nitrogens with zero attached hydrogens (tertiary/aromatic N) is 3. The smallest absolute Gasteiger partial charge is 0.138 e. The number of Topliss-reactive ketones (excluding diaryl/α,β-unsaturated/α-hetero) is 1. The summed E-state index contributed by atoms with van der Waals surface area (Å²) in [6.07, 6.45) is 2.57. The van der Waals surface area contributed by atoms with Crippen LogP contribution in [-0.2, 0) is 24.8 Å². The molecule has 1 aliphatic rings. The maximum atomic E-state index is 11.8. The van der Waals surface area contributed by atoms with Gasteiger partial charge in [-0.25, -0.2) is 0 Å². The van der Waals surface area contributed by atoms with Gasteiger partial charge in [-0.3, -0.25) is 14.4 Å². The summed E-state index contributed by atoms with van der Waals surface area (Å²) in [5.41, 5.74) is 2.32. The van der Waals surface area contributed by atoms with Gasteiger partial charge < -0.3 is 0 Å². The Morgan fingerprint density at radius 1 is 1.42 bits per heavy atom. The molecule has 19 heavy (non-hydrogen) atoms. The zero-order chi connectivity index (χ0) is 14.0. The summed E-state index contributed by atoms with van der Waals surface area (Å²) >= 11 is 3.66. The Labute approximate surface area is 123 Å². The Morgan fingerprint density at radius 3 is 2.74 bits per heavy atom. The van der Waals surface area contributed by atoms with Crippen molar-refractivity contribution < 1.29 is 4.79 Å². The van der Waals surface area contributed by atoms with Crippen molar-refractivity contribution in [2.24, 2.45) is 13.0 Å². The van der Waals surface area contributed by atoms with Crippen LogP contribution in [0.1, 0.15) is 38.1 Å². The number of ketones is 1. The molecular formula is C14H22BrN3O. The van der Waals surface area contributed by atoms with Crippen LogP contribution >= 0.6 is 15.9 Å². The van der Waals surface area contributed by atoms with Crippen molar-refractivity contribution in [1.82, 2.24) is 14.7 Å². The lowest BCUT2D eigenvalue weighted by Gasteiger charge is -2.31. The third-order valence-electron chi connectivity index (χ3n) is 3.98. The number of hydrogen-bond acceptors (Lipinski definition) is 3. The molecular weight excluding hydrogens is 306 g/mol. The second-order valence-electron chi connectivity index (χ2n) is 5.24. The SMILES string of the molecule is CCc1nn(C)c(CN2CCC(=O)C(CC)C2)c1Br. The fraction of sp³-hybridized carbons (Fsp3) is 0.714. The van der Waals surface area contributed by atoms with Crippen LogP contribution in [0, 0.1) is 5.92 Å². The molecule has 0 aromatic carbocycles. The molecule has 1 aliphatic heterocycles. The molecule has 5 heteroatoms. The average Bonchev–Trinajstić information content (AvgIpc) is 2.68. The molecule has 1 aromatic rings. The molecule has 0 aliphatic carbocycles. The van der Waals surface area contributed by atoms with Crippen molar-refractivity contribution in [1.29, 1.82) is 0 Å². The number of piperidine rings is 1. The minimum atomic E-state index is 0.214. The van der Waals surface area contributed by atoms with Gasteiger partial charge in [-0.2, -0.15) is 5.10 Å². The zero-order valence-corrected chi connectivity index (χ0v) is 13.5. The largest absolute Gasteiger partial charge is 0.299 e. The quantitative estimate of drug-likeness (QED) is 0.853. The molecule has 2 rings (SSSR count). The molecule has 0 spiro atoms. The van der Waals surface area contributed by atoms with Gasteiger partial charge in [0.05, 0.1) is 15.9 Å². The van der Waals surface area contributed by atoms with Gasteiger partial charge in [0.1, 0.15) is 5.78 Å². The highest BCUT2D eigenvalue weighted by atomic mass is 79.9. The van der Waals surface area contributed by atoms with Gasteiger partial charge in [0.25, 0.3) is 0 Å². The van der Waals surface area contributed by atoms with Gasteiger partial charge in [-0.1, -0.05) is 13.8 Å². The highest BCUT2D eigenvalue weighted by molar-refractivity contribution is 9.10. The highest BCUT2D eigenvalue weighted by Gasteiger charge is 2.27. The summed E-state index contributed by atoms with van der Waals surface area (Å²) in [4.78, 5) is 14.1. The molecule has 0 N–H and O–H groups in total. The topological polar surface area (TPSA) is 38.1 Å². The van der Waals surface area contributed by atoms with E-state index in [1.54, 1.807) is 0 Å². The van der Waals surface area contributed by atoms with Crippen molar-refractivity contribution in [3.05, 3.63) is 15.9 Å². The molecule has 0 radical (unpaired) electrons. The summed E-state index contributed by atoms with van der Waals surface area (Å²) < 4.78 is 3.09. The van der Waals surface area contributed by atoms with Crippen molar-refractivity contribution in [2.75, 3.05) is 13.1 Å². The molecule has 0 saturated carbocycles. The number of carbonyl (C=O) groups is 1. The van der Waals surface area contributed by atoms with Crippen molar-refractivity contribution in [3.8, 4) is 0 Å². The van der Waals surface area contributed by atoms with E-state index in [4.69, 9.17) is 0 Å². The van der Waals surface area contributed by atoms with E-state index in [-0.39, 0.29) is 5.92 Å². The second-order valence-corrected chi connectivity index (χ2v) is 6.03. The predicted molar refractivity (Wildman–Crippen MR) is 79.0 cm³/mol. The Balaban J connectivity index is 2.09.